The molecule has 0 aliphatic carbocycles. The number of nitriles is 1. The summed E-state index contributed by atoms with van der Waals surface area (Å²) in [6.07, 6.45) is 0. The summed E-state index contributed by atoms with van der Waals surface area (Å²) in [6, 6.07) is 11.3. The van der Waals surface area contributed by atoms with Gasteiger partial charge in [0.15, 0.2) is 0 Å². The highest BCUT2D eigenvalue weighted by Gasteiger charge is 2.12. The average Bonchev–Trinajstić information content (AvgIpc) is 2.45. The van der Waals surface area contributed by atoms with E-state index in [4.69, 9.17) is 38.9 Å². The molecule has 2 rings (SSSR count). The van der Waals surface area contributed by atoms with Crippen molar-refractivity contribution in [3.63, 3.8) is 0 Å². The van der Waals surface area contributed by atoms with Crippen molar-refractivity contribution in [2.45, 2.75) is 6.61 Å². The lowest BCUT2D eigenvalue weighted by Gasteiger charge is -2.08. The van der Waals surface area contributed by atoms with E-state index < -0.39 is 5.97 Å². The number of rotatable bonds is 3. The van der Waals surface area contributed by atoms with E-state index in [0.717, 1.165) is 0 Å². The number of halogens is 2. The maximum absolute atomic E-state index is 11.9. The van der Waals surface area contributed by atoms with Crippen molar-refractivity contribution in [3.05, 3.63) is 63.1 Å². The quantitative estimate of drug-likeness (QED) is 0.689. The summed E-state index contributed by atoms with van der Waals surface area (Å²) in [7, 11) is 0. The fourth-order valence-electron chi connectivity index (χ4n) is 1.67. The molecule has 0 aliphatic heterocycles. The minimum absolute atomic E-state index is 0.00849. The van der Waals surface area contributed by atoms with E-state index in [1.807, 2.05) is 6.07 Å². The van der Waals surface area contributed by atoms with Crippen molar-refractivity contribution in [2.75, 3.05) is 5.73 Å². The van der Waals surface area contributed by atoms with Crippen LogP contribution in [0.1, 0.15) is 21.5 Å². The zero-order chi connectivity index (χ0) is 15.4. The Bertz CT molecular complexity index is 739. The van der Waals surface area contributed by atoms with Crippen molar-refractivity contribution in [3.8, 4) is 6.07 Å². The van der Waals surface area contributed by atoms with Crippen LogP contribution in [0.2, 0.25) is 10.0 Å². The summed E-state index contributed by atoms with van der Waals surface area (Å²) >= 11 is 11.8. The third-order valence-corrected chi connectivity index (χ3v) is 3.36. The first kappa shape index (κ1) is 15.2. The lowest BCUT2D eigenvalue weighted by atomic mass is 10.1. The van der Waals surface area contributed by atoms with Gasteiger partial charge in [0.1, 0.15) is 6.61 Å². The zero-order valence-corrected chi connectivity index (χ0v) is 12.3. The third-order valence-electron chi connectivity index (χ3n) is 2.77. The number of nitrogen functional groups attached to an aromatic ring is 1. The molecule has 6 heteroatoms. The predicted molar refractivity (Wildman–Crippen MR) is 81.2 cm³/mol. The number of hydrogen-bond donors (Lipinski definition) is 1. The van der Waals surface area contributed by atoms with Crippen LogP contribution in [0.15, 0.2) is 36.4 Å². The average molecular weight is 321 g/mol. The largest absolute Gasteiger partial charge is 0.457 e. The zero-order valence-electron chi connectivity index (χ0n) is 10.8. The SMILES string of the molecule is N#Cc1ccc(COC(=O)c2ccc(Cl)cc2N)c(Cl)c1. The second kappa shape index (κ2) is 6.49. The van der Waals surface area contributed by atoms with E-state index in [0.29, 0.717) is 21.2 Å². The van der Waals surface area contributed by atoms with E-state index in [9.17, 15) is 4.79 Å². The van der Waals surface area contributed by atoms with Crippen LogP contribution in [0, 0.1) is 11.3 Å². The topological polar surface area (TPSA) is 76.1 Å². The Labute approximate surface area is 131 Å². The number of nitrogens with zero attached hydrogens (tertiary/aromatic N) is 1. The van der Waals surface area contributed by atoms with Gasteiger partial charge < -0.3 is 10.5 Å². The number of benzene rings is 2. The van der Waals surface area contributed by atoms with E-state index in [1.54, 1.807) is 18.2 Å². The molecule has 21 heavy (non-hydrogen) atoms. The van der Waals surface area contributed by atoms with Crippen molar-refractivity contribution >= 4 is 34.9 Å². The number of nitrogens with two attached hydrogens (primary N) is 1. The molecule has 2 aromatic carbocycles. The Morgan fingerprint density at radius 2 is 2.00 bits per heavy atom. The minimum Gasteiger partial charge on any atom is -0.457 e. The molecule has 2 N–H and O–H groups in total. The molecule has 0 saturated heterocycles. The third kappa shape index (κ3) is 3.66. The molecule has 0 amide bonds. The van der Waals surface area contributed by atoms with Crippen LogP contribution in [0.25, 0.3) is 0 Å². The molecule has 0 spiro atoms. The molecule has 0 atom stereocenters. The van der Waals surface area contributed by atoms with Crippen LogP contribution < -0.4 is 5.73 Å². The van der Waals surface area contributed by atoms with Crippen molar-refractivity contribution in [1.29, 1.82) is 5.26 Å². The summed E-state index contributed by atoms with van der Waals surface area (Å²) in [5, 5.41) is 9.56. The first-order valence-electron chi connectivity index (χ1n) is 5.92. The lowest BCUT2D eigenvalue weighted by Crippen LogP contribution is -2.08. The molecule has 0 bridgehead atoms. The first-order chi connectivity index (χ1) is 10.0. The van der Waals surface area contributed by atoms with Gasteiger partial charge >= 0.3 is 5.97 Å². The van der Waals surface area contributed by atoms with Gasteiger partial charge in [-0.05, 0) is 30.3 Å². The highest BCUT2D eigenvalue weighted by Crippen LogP contribution is 2.21. The van der Waals surface area contributed by atoms with Gasteiger partial charge in [-0.1, -0.05) is 29.3 Å². The van der Waals surface area contributed by atoms with Gasteiger partial charge in [0, 0.05) is 21.3 Å². The van der Waals surface area contributed by atoms with Gasteiger partial charge in [0.25, 0.3) is 0 Å². The smallest absolute Gasteiger partial charge is 0.340 e. The predicted octanol–water partition coefficient (Wildman–Crippen LogP) is 3.80. The highest BCUT2D eigenvalue weighted by atomic mass is 35.5. The van der Waals surface area contributed by atoms with E-state index >= 15 is 0 Å². The molecule has 0 heterocycles. The highest BCUT2D eigenvalue weighted by molar-refractivity contribution is 6.31. The van der Waals surface area contributed by atoms with E-state index in [-0.39, 0.29) is 17.9 Å². The van der Waals surface area contributed by atoms with Crippen LogP contribution in [0.4, 0.5) is 5.69 Å². The number of carbonyl (C=O) groups excluding carboxylic acids is 1. The number of esters is 1. The van der Waals surface area contributed by atoms with Crippen LogP contribution in [0.5, 0.6) is 0 Å². The molecule has 0 aromatic heterocycles. The minimum atomic E-state index is -0.565. The molecule has 0 radical (unpaired) electrons. The summed E-state index contributed by atoms with van der Waals surface area (Å²) in [5.74, 6) is -0.565. The van der Waals surface area contributed by atoms with Crippen molar-refractivity contribution < 1.29 is 9.53 Å². The number of carbonyl (C=O) groups is 1. The summed E-state index contributed by atoms with van der Waals surface area (Å²) in [5.41, 5.74) is 7.25. The van der Waals surface area contributed by atoms with Gasteiger partial charge in [-0.2, -0.15) is 5.26 Å². The number of ether oxygens (including phenoxy) is 1. The van der Waals surface area contributed by atoms with Crippen molar-refractivity contribution in [2.24, 2.45) is 0 Å². The molecule has 0 aliphatic rings. The Kier molecular flexibility index (Phi) is 4.69. The van der Waals surface area contributed by atoms with Crippen LogP contribution >= 0.6 is 23.2 Å². The Hall–Kier alpha value is -2.22. The molecule has 0 unspecified atom stereocenters. The van der Waals surface area contributed by atoms with Crippen LogP contribution in [0.3, 0.4) is 0 Å². The molecule has 106 valence electrons. The van der Waals surface area contributed by atoms with Gasteiger partial charge in [0.2, 0.25) is 0 Å². The van der Waals surface area contributed by atoms with Gasteiger partial charge in [0.05, 0.1) is 17.2 Å². The Balaban J connectivity index is 2.09. The van der Waals surface area contributed by atoms with E-state index in [1.165, 1.54) is 18.2 Å². The fourth-order valence-corrected chi connectivity index (χ4v) is 2.09. The normalized spacial score (nSPS) is 9.95. The summed E-state index contributed by atoms with van der Waals surface area (Å²) in [6.45, 7) is -0.00849. The molecular weight excluding hydrogens is 311 g/mol. The Morgan fingerprint density at radius 1 is 1.24 bits per heavy atom. The molecule has 0 saturated carbocycles. The second-order valence-corrected chi connectivity index (χ2v) is 5.07. The van der Waals surface area contributed by atoms with Gasteiger partial charge in [-0.15, -0.1) is 0 Å². The maximum Gasteiger partial charge on any atom is 0.340 e. The van der Waals surface area contributed by atoms with Gasteiger partial charge in [-0.25, -0.2) is 4.79 Å². The molecule has 4 nitrogen and oxygen atoms in total. The monoisotopic (exact) mass is 320 g/mol. The number of hydrogen-bond acceptors (Lipinski definition) is 4. The van der Waals surface area contributed by atoms with Crippen LogP contribution in [-0.4, -0.2) is 5.97 Å². The fraction of sp³-hybridized carbons (Fsp3) is 0.0667. The maximum atomic E-state index is 11.9. The summed E-state index contributed by atoms with van der Waals surface area (Å²) < 4.78 is 5.16. The standard InChI is InChI=1S/C15H10Cl2N2O2/c16-11-3-4-12(14(19)6-11)15(20)21-8-10-2-1-9(7-18)5-13(10)17/h1-6H,8,19H2. The first-order valence-corrected chi connectivity index (χ1v) is 6.67. The molecular formula is C15H10Cl2N2O2. The molecule has 2 aromatic rings. The number of anilines is 1. The van der Waals surface area contributed by atoms with Crippen molar-refractivity contribution in [1.82, 2.24) is 0 Å². The van der Waals surface area contributed by atoms with E-state index in [2.05, 4.69) is 0 Å². The Morgan fingerprint density at radius 3 is 2.62 bits per heavy atom. The van der Waals surface area contributed by atoms with Gasteiger partial charge in [-0.3, -0.25) is 0 Å². The van der Waals surface area contributed by atoms with Crippen LogP contribution in [-0.2, 0) is 11.3 Å². The second-order valence-electron chi connectivity index (χ2n) is 4.23. The summed E-state index contributed by atoms with van der Waals surface area (Å²) in [4.78, 5) is 11.9. The lowest BCUT2D eigenvalue weighted by molar-refractivity contribution is 0.0474. The molecule has 0 fully saturated rings.